The third-order valence-electron chi connectivity index (χ3n) is 3.00. The van der Waals surface area contributed by atoms with Crippen molar-refractivity contribution in [2.75, 3.05) is 11.9 Å². The van der Waals surface area contributed by atoms with Crippen molar-refractivity contribution < 1.29 is 19.2 Å². The Hall–Kier alpha value is -2.93. The molecule has 0 aromatic heterocycles. The van der Waals surface area contributed by atoms with Gasteiger partial charge in [-0.2, -0.15) is 0 Å². The first-order chi connectivity index (χ1) is 11.5. The van der Waals surface area contributed by atoms with Crippen LogP contribution in [0.1, 0.15) is 5.56 Å². The molecule has 1 amide bonds. The maximum absolute atomic E-state index is 11.7. The largest absolute Gasteiger partial charge is 0.455 e. The van der Waals surface area contributed by atoms with Crippen LogP contribution in [-0.4, -0.2) is 23.4 Å². The van der Waals surface area contributed by atoms with Crippen LogP contribution < -0.4 is 5.32 Å². The molecule has 2 rings (SSSR count). The molecule has 0 saturated carbocycles. The molecule has 0 aliphatic rings. The number of anilines is 1. The molecule has 0 heterocycles. The number of rotatable bonds is 6. The van der Waals surface area contributed by atoms with Gasteiger partial charge in [-0.25, -0.2) is 0 Å². The topological polar surface area (TPSA) is 98.5 Å². The Morgan fingerprint density at radius 3 is 2.62 bits per heavy atom. The van der Waals surface area contributed by atoms with Gasteiger partial charge in [-0.15, -0.1) is 0 Å². The van der Waals surface area contributed by atoms with Crippen LogP contribution in [0.3, 0.4) is 0 Å². The average Bonchev–Trinajstić information content (AvgIpc) is 2.55. The van der Waals surface area contributed by atoms with Gasteiger partial charge >= 0.3 is 5.97 Å². The van der Waals surface area contributed by atoms with Crippen molar-refractivity contribution in [1.82, 2.24) is 0 Å². The van der Waals surface area contributed by atoms with Crippen molar-refractivity contribution in [3.63, 3.8) is 0 Å². The van der Waals surface area contributed by atoms with Gasteiger partial charge in [0.25, 0.3) is 11.6 Å². The Bertz CT molecular complexity index is 779. The van der Waals surface area contributed by atoms with Crippen LogP contribution in [0, 0.1) is 10.1 Å². The van der Waals surface area contributed by atoms with Gasteiger partial charge < -0.3 is 10.1 Å². The van der Waals surface area contributed by atoms with Crippen LogP contribution >= 0.6 is 11.6 Å². The SMILES string of the molecule is O=C(COC(=O)Cc1ccccc1Cl)Nc1cccc([N+](=O)[O-])c1. The van der Waals surface area contributed by atoms with Crippen molar-refractivity contribution in [3.05, 3.63) is 69.2 Å². The Labute approximate surface area is 142 Å². The zero-order valence-electron chi connectivity index (χ0n) is 12.4. The quantitative estimate of drug-likeness (QED) is 0.491. The van der Waals surface area contributed by atoms with Gasteiger partial charge in [0, 0.05) is 22.8 Å². The number of halogens is 1. The van der Waals surface area contributed by atoms with E-state index in [9.17, 15) is 19.7 Å². The third kappa shape index (κ3) is 5.06. The van der Waals surface area contributed by atoms with Crippen molar-refractivity contribution in [3.8, 4) is 0 Å². The smallest absolute Gasteiger partial charge is 0.310 e. The van der Waals surface area contributed by atoms with Crippen LogP contribution in [-0.2, 0) is 20.7 Å². The molecule has 0 aliphatic carbocycles. The first kappa shape index (κ1) is 17.4. The van der Waals surface area contributed by atoms with Gasteiger partial charge in [0.2, 0.25) is 0 Å². The van der Waals surface area contributed by atoms with E-state index in [0.717, 1.165) is 0 Å². The van der Waals surface area contributed by atoms with E-state index in [1.165, 1.54) is 24.3 Å². The summed E-state index contributed by atoms with van der Waals surface area (Å²) in [6, 6.07) is 12.3. The molecule has 0 aliphatic heterocycles. The molecule has 8 heteroatoms. The summed E-state index contributed by atoms with van der Waals surface area (Å²) >= 11 is 5.94. The molecule has 124 valence electrons. The summed E-state index contributed by atoms with van der Waals surface area (Å²) in [5.41, 5.74) is 0.697. The molecule has 0 unspecified atom stereocenters. The second-order valence-corrected chi connectivity index (χ2v) is 5.19. The van der Waals surface area contributed by atoms with E-state index in [2.05, 4.69) is 5.32 Å². The number of carbonyl (C=O) groups excluding carboxylic acids is 2. The highest BCUT2D eigenvalue weighted by molar-refractivity contribution is 6.31. The number of amides is 1. The summed E-state index contributed by atoms with van der Waals surface area (Å²) < 4.78 is 4.87. The van der Waals surface area contributed by atoms with Crippen molar-refractivity contribution in [2.24, 2.45) is 0 Å². The highest BCUT2D eigenvalue weighted by Gasteiger charge is 2.12. The molecule has 2 aromatic rings. The number of nitro groups is 1. The Morgan fingerprint density at radius 2 is 1.92 bits per heavy atom. The van der Waals surface area contributed by atoms with Gasteiger partial charge in [-0.05, 0) is 17.7 Å². The van der Waals surface area contributed by atoms with Crippen LogP contribution in [0.25, 0.3) is 0 Å². The minimum Gasteiger partial charge on any atom is -0.455 e. The number of nitrogens with one attached hydrogen (secondary N) is 1. The summed E-state index contributed by atoms with van der Waals surface area (Å²) in [5, 5.41) is 13.5. The Balaban J connectivity index is 1.85. The lowest BCUT2D eigenvalue weighted by atomic mass is 10.1. The molecule has 24 heavy (non-hydrogen) atoms. The fraction of sp³-hybridized carbons (Fsp3) is 0.125. The van der Waals surface area contributed by atoms with E-state index < -0.39 is 23.4 Å². The second-order valence-electron chi connectivity index (χ2n) is 4.78. The van der Waals surface area contributed by atoms with E-state index in [1.54, 1.807) is 24.3 Å². The third-order valence-corrected chi connectivity index (χ3v) is 3.37. The molecular weight excluding hydrogens is 336 g/mol. The molecule has 0 radical (unpaired) electrons. The maximum atomic E-state index is 11.7. The van der Waals surface area contributed by atoms with Gasteiger partial charge in [0.15, 0.2) is 6.61 Å². The monoisotopic (exact) mass is 348 g/mol. The highest BCUT2D eigenvalue weighted by atomic mass is 35.5. The van der Waals surface area contributed by atoms with Crippen molar-refractivity contribution in [1.29, 1.82) is 0 Å². The number of hydrogen-bond donors (Lipinski definition) is 1. The number of esters is 1. The fourth-order valence-corrected chi connectivity index (χ4v) is 2.09. The van der Waals surface area contributed by atoms with E-state index in [1.807, 2.05) is 0 Å². The number of hydrogen-bond acceptors (Lipinski definition) is 5. The molecule has 0 fully saturated rings. The summed E-state index contributed by atoms with van der Waals surface area (Å²) in [6.07, 6.45) is -0.0518. The minimum absolute atomic E-state index is 0.0518. The standard InChI is InChI=1S/C16H13ClN2O5/c17-14-7-2-1-4-11(14)8-16(21)24-10-15(20)18-12-5-3-6-13(9-12)19(22)23/h1-7,9H,8,10H2,(H,18,20). The number of carbonyl (C=O) groups is 2. The first-order valence-electron chi connectivity index (χ1n) is 6.89. The number of nitrogens with zero attached hydrogens (tertiary/aromatic N) is 1. The molecule has 1 N–H and O–H groups in total. The fourth-order valence-electron chi connectivity index (χ4n) is 1.89. The number of non-ortho nitro benzene ring substituents is 1. The zero-order chi connectivity index (χ0) is 17.5. The predicted octanol–water partition coefficient (Wildman–Crippen LogP) is 2.97. The molecular formula is C16H13ClN2O5. The van der Waals surface area contributed by atoms with Crippen LogP contribution in [0.15, 0.2) is 48.5 Å². The first-order valence-corrected chi connectivity index (χ1v) is 7.27. The van der Waals surface area contributed by atoms with Gasteiger partial charge in [0.05, 0.1) is 11.3 Å². The van der Waals surface area contributed by atoms with E-state index in [0.29, 0.717) is 10.6 Å². The van der Waals surface area contributed by atoms with Gasteiger partial charge in [-0.3, -0.25) is 19.7 Å². The Morgan fingerprint density at radius 1 is 1.17 bits per heavy atom. The number of ether oxygens (including phenoxy) is 1. The molecule has 0 atom stereocenters. The molecule has 7 nitrogen and oxygen atoms in total. The minimum atomic E-state index is -0.600. The number of benzene rings is 2. The van der Waals surface area contributed by atoms with Crippen molar-refractivity contribution >= 4 is 34.9 Å². The van der Waals surface area contributed by atoms with Crippen molar-refractivity contribution in [2.45, 2.75) is 6.42 Å². The average molecular weight is 349 g/mol. The van der Waals surface area contributed by atoms with Gasteiger partial charge in [0.1, 0.15) is 0 Å². The zero-order valence-corrected chi connectivity index (χ0v) is 13.2. The van der Waals surface area contributed by atoms with Crippen LogP contribution in [0.5, 0.6) is 0 Å². The molecule has 0 spiro atoms. The normalized spacial score (nSPS) is 10.0. The second kappa shape index (κ2) is 8.07. The van der Waals surface area contributed by atoms with E-state index >= 15 is 0 Å². The van der Waals surface area contributed by atoms with Crippen LogP contribution in [0.4, 0.5) is 11.4 Å². The molecule has 0 saturated heterocycles. The van der Waals surface area contributed by atoms with Gasteiger partial charge in [-0.1, -0.05) is 35.9 Å². The Kier molecular flexibility index (Phi) is 5.86. The highest BCUT2D eigenvalue weighted by Crippen LogP contribution is 2.17. The lowest BCUT2D eigenvalue weighted by molar-refractivity contribution is -0.384. The number of nitro benzene ring substituents is 1. The maximum Gasteiger partial charge on any atom is 0.310 e. The lowest BCUT2D eigenvalue weighted by Gasteiger charge is -2.07. The lowest BCUT2D eigenvalue weighted by Crippen LogP contribution is -2.21. The van der Waals surface area contributed by atoms with E-state index in [4.69, 9.17) is 16.3 Å². The summed E-state index contributed by atoms with van der Waals surface area (Å²) in [7, 11) is 0. The summed E-state index contributed by atoms with van der Waals surface area (Å²) in [6.45, 7) is -0.494. The molecule has 2 aromatic carbocycles. The van der Waals surface area contributed by atoms with Crippen LogP contribution in [0.2, 0.25) is 5.02 Å². The molecule has 0 bridgehead atoms. The predicted molar refractivity (Wildman–Crippen MR) is 87.8 cm³/mol. The summed E-state index contributed by atoms with van der Waals surface area (Å²) in [4.78, 5) is 33.5. The van der Waals surface area contributed by atoms with E-state index in [-0.39, 0.29) is 17.8 Å². The summed E-state index contributed by atoms with van der Waals surface area (Å²) in [5.74, 6) is -1.19.